The molecule has 0 spiro atoms. The molecule has 0 heterocycles. The molecule has 0 saturated heterocycles. The average molecular weight is 579 g/mol. The fraction of sp³-hybridized carbons (Fsp3) is 0.300. The first-order valence-corrected chi connectivity index (χ1v) is 16.7. The summed E-state index contributed by atoms with van der Waals surface area (Å²) in [5, 5.41) is 6.48. The number of sulfone groups is 2. The van der Waals surface area contributed by atoms with Gasteiger partial charge in [0.25, 0.3) is 20.0 Å². The number of nitrogens with one attached hydrogen (secondary N) is 2. The maximum absolute atomic E-state index is 12.8. The molecule has 0 aliphatic heterocycles. The van der Waals surface area contributed by atoms with Gasteiger partial charge in [0, 0.05) is 0 Å². The smallest absolute Gasteiger partial charge is 0.221 e. The van der Waals surface area contributed by atoms with Crippen LogP contribution in [0.5, 0.6) is 0 Å². The van der Waals surface area contributed by atoms with Crippen molar-refractivity contribution in [3.05, 3.63) is 60.7 Å². The summed E-state index contributed by atoms with van der Waals surface area (Å²) in [7, 11) is -17.7. The molecule has 0 bridgehead atoms. The highest BCUT2D eigenvalue weighted by Gasteiger charge is 2.35. The zero-order valence-electron chi connectivity index (χ0n) is 19.1. The molecule has 198 valence electrons. The number of hydrogen-bond donors (Lipinski definition) is 2. The monoisotopic (exact) mass is 578 g/mol. The van der Waals surface area contributed by atoms with Gasteiger partial charge in [0.2, 0.25) is 19.7 Å². The van der Waals surface area contributed by atoms with E-state index in [4.69, 9.17) is 0 Å². The van der Waals surface area contributed by atoms with Gasteiger partial charge in [-0.3, -0.25) is 0 Å². The minimum Gasteiger partial charge on any atom is -0.221 e. The number of rotatable bonds is 14. The Balaban J connectivity index is 2.26. The third-order valence-corrected chi connectivity index (χ3v) is 11.5. The van der Waals surface area contributed by atoms with Crippen molar-refractivity contribution >= 4 is 50.8 Å². The van der Waals surface area contributed by atoms with Crippen LogP contribution in [-0.4, -0.2) is 49.3 Å². The molecule has 0 unspecified atom stereocenters. The van der Waals surface area contributed by atoms with Gasteiger partial charge < -0.3 is 0 Å². The van der Waals surface area contributed by atoms with E-state index in [9.17, 15) is 33.7 Å². The van der Waals surface area contributed by atoms with E-state index < -0.39 is 44.3 Å². The van der Waals surface area contributed by atoms with Crippen LogP contribution in [0, 0.1) is 0 Å². The van der Waals surface area contributed by atoms with Crippen molar-refractivity contribution in [2.45, 2.75) is 47.0 Å². The van der Waals surface area contributed by atoms with Crippen LogP contribution >= 0.6 is 0 Å². The van der Waals surface area contributed by atoms with Crippen molar-refractivity contribution < 1.29 is 33.7 Å². The van der Waals surface area contributed by atoms with Crippen molar-refractivity contribution in [2.75, 3.05) is 0 Å². The van der Waals surface area contributed by atoms with Crippen LogP contribution in [0.1, 0.15) is 32.6 Å². The number of nitrogens with zero attached hydrogens (tertiary/aromatic N) is 2. The zero-order chi connectivity index (χ0) is 26.9. The molecular weight excluding hydrogens is 553 g/mol. The van der Waals surface area contributed by atoms with E-state index >= 15 is 0 Å². The van der Waals surface area contributed by atoms with Gasteiger partial charge in [0.1, 0.15) is 11.1 Å². The lowest BCUT2D eigenvalue weighted by Gasteiger charge is -2.13. The van der Waals surface area contributed by atoms with Gasteiger partial charge in [-0.05, 0) is 30.7 Å². The van der Waals surface area contributed by atoms with Gasteiger partial charge in [-0.15, -0.1) is 0 Å². The minimum atomic E-state index is -4.66. The molecule has 0 atom stereocenters. The van der Waals surface area contributed by atoms with Gasteiger partial charge in [0.05, 0.1) is 9.79 Å². The van der Waals surface area contributed by atoms with E-state index in [1.165, 1.54) is 48.5 Å². The highest BCUT2D eigenvalue weighted by Crippen LogP contribution is 2.18. The molecule has 2 N–H and O–H groups in total. The van der Waals surface area contributed by atoms with E-state index in [0.29, 0.717) is 12.8 Å². The van der Waals surface area contributed by atoms with Crippen molar-refractivity contribution in [1.82, 2.24) is 9.66 Å². The fourth-order valence-electron chi connectivity index (χ4n) is 2.85. The van der Waals surface area contributed by atoms with Gasteiger partial charge in [-0.25, -0.2) is 16.8 Å². The molecule has 12 nitrogen and oxygen atoms in total. The molecular formula is C20H26N4O8S4. The number of sulfonamides is 2. The minimum absolute atomic E-state index is 0.176. The molecule has 0 fully saturated rings. The van der Waals surface area contributed by atoms with E-state index in [1.807, 2.05) is 6.92 Å². The van der Waals surface area contributed by atoms with E-state index in [2.05, 4.69) is 10.2 Å². The van der Waals surface area contributed by atoms with Crippen molar-refractivity contribution in [3.63, 3.8) is 0 Å². The standard InChI is InChI=1S/C20H26N4O8S4/c1-2-3-6-15-20(33(25,26)16-21-23-35(29,30)18-11-7-4-8-12-18)34(27,28)17-22-24-36(31,32)19-13-9-5-10-14-19/h4-5,7-14,16-17,20,23-24H,2-3,6,15H2,1H3. The summed E-state index contributed by atoms with van der Waals surface area (Å²) in [6, 6.07) is 14.0. The SMILES string of the molecule is CCCCCC(S(=O)(=O)C=NNS(=O)(=O)c1ccccc1)S(=O)(=O)C=NNS(=O)(=O)c1ccccc1. The molecule has 0 saturated carbocycles. The Kier molecular flexibility index (Phi) is 10.2. The zero-order valence-corrected chi connectivity index (χ0v) is 22.4. The Hall–Kier alpha value is -2.82. The topological polar surface area (TPSA) is 185 Å². The summed E-state index contributed by atoms with van der Waals surface area (Å²) in [6.45, 7) is 1.83. The summed E-state index contributed by atoms with van der Waals surface area (Å²) in [6.07, 6.45) is 1.07. The summed E-state index contributed by atoms with van der Waals surface area (Å²) in [5.74, 6) is 0. The van der Waals surface area contributed by atoms with Gasteiger partial charge >= 0.3 is 0 Å². The Bertz CT molecular complexity index is 1380. The highest BCUT2D eigenvalue weighted by molar-refractivity contribution is 8.20. The Morgan fingerprint density at radius 1 is 0.667 bits per heavy atom. The highest BCUT2D eigenvalue weighted by atomic mass is 32.3. The third kappa shape index (κ3) is 8.39. The summed E-state index contributed by atoms with van der Waals surface area (Å²) in [5.41, 5.74) is 0.424. The molecule has 36 heavy (non-hydrogen) atoms. The molecule has 0 amide bonds. The second-order valence-corrected chi connectivity index (χ2v) is 14.9. The van der Waals surface area contributed by atoms with Crippen LogP contribution in [0.2, 0.25) is 0 Å². The molecule has 0 radical (unpaired) electrons. The lowest BCUT2D eigenvalue weighted by Crippen LogP contribution is -2.33. The van der Waals surface area contributed by atoms with Crippen molar-refractivity contribution in [1.29, 1.82) is 0 Å². The maximum Gasteiger partial charge on any atom is 0.276 e. The molecule has 2 aromatic rings. The third-order valence-electron chi connectivity index (χ3n) is 4.63. The van der Waals surface area contributed by atoms with Gasteiger partial charge in [-0.2, -0.15) is 36.7 Å². The molecule has 0 aromatic heterocycles. The molecule has 2 aromatic carbocycles. The normalized spacial score (nSPS) is 14.1. The molecule has 0 aliphatic carbocycles. The maximum atomic E-state index is 12.8. The van der Waals surface area contributed by atoms with Crippen LogP contribution in [0.4, 0.5) is 0 Å². The van der Waals surface area contributed by atoms with E-state index in [0.717, 1.165) is 0 Å². The average Bonchev–Trinajstić information content (AvgIpc) is 2.82. The van der Waals surface area contributed by atoms with Crippen LogP contribution in [0.3, 0.4) is 0 Å². The number of unbranched alkanes of at least 4 members (excludes halogenated alkanes) is 2. The number of benzene rings is 2. The summed E-state index contributed by atoms with van der Waals surface area (Å²) < 4.78 is 98.1. The van der Waals surface area contributed by atoms with E-state index in [-0.39, 0.29) is 33.7 Å². The lowest BCUT2D eigenvalue weighted by molar-refractivity contribution is 0.574. The predicted octanol–water partition coefficient (Wildman–Crippen LogP) is 1.57. The molecule has 2 rings (SSSR count). The largest absolute Gasteiger partial charge is 0.276 e. The Morgan fingerprint density at radius 3 is 1.42 bits per heavy atom. The van der Waals surface area contributed by atoms with E-state index in [1.54, 1.807) is 21.8 Å². The number of hydrazone groups is 2. The molecule has 16 heteroatoms. The van der Waals surface area contributed by atoms with Crippen molar-refractivity contribution in [2.24, 2.45) is 10.2 Å². The second kappa shape index (κ2) is 12.4. The predicted molar refractivity (Wildman–Crippen MR) is 136 cm³/mol. The number of hydrogen-bond acceptors (Lipinski definition) is 10. The first-order valence-electron chi connectivity index (χ1n) is 10.5. The van der Waals surface area contributed by atoms with Crippen LogP contribution in [0.15, 0.2) is 80.7 Å². The second-order valence-electron chi connectivity index (χ2n) is 7.39. The summed E-state index contributed by atoms with van der Waals surface area (Å²) in [4.78, 5) is 3.10. The van der Waals surface area contributed by atoms with Crippen LogP contribution in [-0.2, 0) is 39.7 Å². The fourth-order valence-corrected chi connectivity index (χ4v) is 8.06. The quantitative estimate of drug-likeness (QED) is 0.146. The first kappa shape index (κ1) is 29.4. The van der Waals surface area contributed by atoms with Gasteiger partial charge in [0.15, 0.2) is 4.58 Å². The van der Waals surface area contributed by atoms with Crippen molar-refractivity contribution in [3.8, 4) is 0 Å². The van der Waals surface area contributed by atoms with Crippen LogP contribution in [0.25, 0.3) is 0 Å². The molecule has 0 aliphatic rings. The first-order chi connectivity index (χ1) is 16.8. The Morgan fingerprint density at radius 2 is 1.06 bits per heavy atom. The Labute approximate surface area is 211 Å². The lowest BCUT2D eigenvalue weighted by atomic mass is 10.2. The summed E-state index contributed by atoms with van der Waals surface area (Å²) >= 11 is 0. The van der Waals surface area contributed by atoms with Gasteiger partial charge in [-0.1, -0.05) is 62.6 Å². The van der Waals surface area contributed by atoms with Crippen LogP contribution < -0.4 is 9.66 Å².